The molecule has 0 aromatic carbocycles. The van der Waals surface area contributed by atoms with E-state index in [0.717, 1.165) is 12.8 Å². The molecule has 0 bridgehead atoms. The smallest absolute Gasteiger partial charge is 0.273 e. The maximum Gasteiger partial charge on any atom is 0.273 e. The van der Waals surface area contributed by atoms with Crippen molar-refractivity contribution < 1.29 is 14.1 Å². The van der Waals surface area contributed by atoms with Gasteiger partial charge >= 0.3 is 0 Å². The highest BCUT2D eigenvalue weighted by Crippen LogP contribution is 2.39. The number of fused-ring (bicyclic) bond motifs is 1. The summed E-state index contributed by atoms with van der Waals surface area (Å²) in [6.07, 6.45) is 1.84. The Hall–Kier alpha value is -1.80. The number of rotatable bonds is 2. The van der Waals surface area contributed by atoms with E-state index in [1.165, 1.54) is 11.3 Å². The van der Waals surface area contributed by atoms with Gasteiger partial charge in [0.15, 0.2) is 5.82 Å². The maximum absolute atomic E-state index is 12.6. The lowest BCUT2D eigenvalue weighted by molar-refractivity contribution is -0.0757. The van der Waals surface area contributed by atoms with Crippen molar-refractivity contribution in [2.24, 2.45) is 5.92 Å². The van der Waals surface area contributed by atoms with Gasteiger partial charge in [0, 0.05) is 36.9 Å². The minimum atomic E-state index is -0.00395. The quantitative estimate of drug-likeness (QED) is 0.834. The number of hydrogen-bond acceptors (Lipinski definition) is 7. The molecule has 0 spiro atoms. The van der Waals surface area contributed by atoms with Crippen LogP contribution in [0.25, 0.3) is 0 Å². The van der Waals surface area contributed by atoms with E-state index in [0.29, 0.717) is 37.1 Å². The zero-order valence-electron chi connectivity index (χ0n) is 12.8. The fourth-order valence-electron chi connectivity index (χ4n) is 3.55. The number of likely N-dealkylation sites (tertiary alicyclic amines) is 1. The standard InChI is InChI=1S/C15H18N4O3S/c1-9-17-14(22-18-9)10-3-5-21-13-2-4-19(6-11(10)13)15(20)12-7-23-8-16-12/h7-8,10-11,13H,2-6H2,1H3/t10-,11-,13-/m1/s1. The molecule has 2 aromatic rings. The molecule has 2 aromatic heterocycles. The summed E-state index contributed by atoms with van der Waals surface area (Å²) >= 11 is 1.44. The zero-order valence-corrected chi connectivity index (χ0v) is 13.7. The number of carbonyl (C=O) groups is 1. The average Bonchev–Trinajstić information content (AvgIpc) is 3.24. The van der Waals surface area contributed by atoms with Gasteiger partial charge in [-0.3, -0.25) is 4.79 Å². The number of aryl methyl sites for hydroxylation is 1. The van der Waals surface area contributed by atoms with Crippen molar-refractivity contribution in [3.05, 3.63) is 28.3 Å². The summed E-state index contributed by atoms with van der Waals surface area (Å²) in [5, 5.41) is 5.70. The summed E-state index contributed by atoms with van der Waals surface area (Å²) < 4.78 is 11.3. The van der Waals surface area contributed by atoms with E-state index < -0.39 is 0 Å². The van der Waals surface area contributed by atoms with Crippen molar-refractivity contribution in [3.8, 4) is 0 Å². The highest BCUT2D eigenvalue weighted by atomic mass is 32.1. The molecule has 4 heterocycles. The van der Waals surface area contributed by atoms with Gasteiger partial charge in [-0.05, 0) is 19.8 Å². The summed E-state index contributed by atoms with van der Waals surface area (Å²) in [6, 6.07) is 0. The summed E-state index contributed by atoms with van der Waals surface area (Å²) in [6.45, 7) is 3.87. The van der Waals surface area contributed by atoms with Crippen molar-refractivity contribution >= 4 is 17.2 Å². The Morgan fingerprint density at radius 2 is 2.35 bits per heavy atom. The first-order chi connectivity index (χ1) is 11.2. The monoisotopic (exact) mass is 334 g/mol. The molecule has 122 valence electrons. The molecule has 2 fully saturated rings. The van der Waals surface area contributed by atoms with Gasteiger partial charge < -0.3 is 14.2 Å². The molecule has 0 saturated carbocycles. The van der Waals surface area contributed by atoms with E-state index >= 15 is 0 Å². The first-order valence-electron chi connectivity index (χ1n) is 7.81. The molecular formula is C15H18N4O3S. The van der Waals surface area contributed by atoms with E-state index in [9.17, 15) is 4.79 Å². The van der Waals surface area contributed by atoms with Crippen LogP contribution in [0.4, 0.5) is 0 Å². The van der Waals surface area contributed by atoms with Crippen LogP contribution >= 0.6 is 11.3 Å². The summed E-state index contributed by atoms with van der Waals surface area (Å²) in [5.74, 6) is 1.66. The van der Waals surface area contributed by atoms with Crippen molar-refractivity contribution in [1.82, 2.24) is 20.0 Å². The number of aromatic nitrogens is 3. The van der Waals surface area contributed by atoms with Crippen molar-refractivity contribution in [3.63, 3.8) is 0 Å². The second-order valence-corrected chi connectivity index (χ2v) is 6.78. The van der Waals surface area contributed by atoms with Gasteiger partial charge in [-0.15, -0.1) is 11.3 Å². The van der Waals surface area contributed by atoms with Crippen LogP contribution in [0, 0.1) is 12.8 Å². The number of ether oxygens (including phenoxy) is 1. The Morgan fingerprint density at radius 1 is 1.43 bits per heavy atom. The number of hydrogen-bond donors (Lipinski definition) is 0. The van der Waals surface area contributed by atoms with E-state index in [-0.39, 0.29) is 23.8 Å². The Labute approximate surface area is 137 Å². The predicted octanol–water partition coefficient (Wildman–Crippen LogP) is 1.87. The first-order valence-corrected chi connectivity index (χ1v) is 8.76. The third-order valence-corrected chi connectivity index (χ3v) is 5.26. The van der Waals surface area contributed by atoms with E-state index in [1.54, 1.807) is 10.9 Å². The molecule has 0 radical (unpaired) electrons. The van der Waals surface area contributed by atoms with Gasteiger partial charge in [0.1, 0.15) is 5.69 Å². The number of piperidine rings is 1. The van der Waals surface area contributed by atoms with Crippen molar-refractivity contribution in [2.75, 3.05) is 19.7 Å². The highest BCUT2D eigenvalue weighted by molar-refractivity contribution is 7.07. The Bertz CT molecular complexity index is 687. The first kappa shape index (κ1) is 14.8. The van der Waals surface area contributed by atoms with Gasteiger partial charge in [0.25, 0.3) is 5.91 Å². The van der Waals surface area contributed by atoms with Gasteiger partial charge in [0.05, 0.1) is 11.6 Å². The largest absolute Gasteiger partial charge is 0.378 e. The Balaban J connectivity index is 1.55. The third kappa shape index (κ3) is 2.76. The second kappa shape index (κ2) is 6.01. The highest BCUT2D eigenvalue weighted by Gasteiger charge is 2.42. The lowest BCUT2D eigenvalue weighted by Crippen LogP contribution is -2.51. The summed E-state index contributed by atoms with van der Waals surface area (Å²) in [7, 11) is 0. The maximum atomic E-state index is 12.6. The van der Waals surface area contributed by atoms with Crippen LogP contribution in [0.2, 0.25) is 0 Å². The van der Waals surface area contributed by atoms with Gasteiger partial charge in [0.2, 0.25) is 5.89 Å². The molecule has 0 aliphatic carbocycles. The van der Waals surface area contributed by atoms with Crippen LogP contribution in [0.3, 0.4) is 0 Å². The predicted molar refractivity (Wildman–Crippen MR) is 82.3 cm³/mol. The normalized spacial score (nSPS) is 27.7. The van der Waals surface area contributed by atoms with E-state index in [1.807, 2.05) is 11.8 Å². The fourth-order valence-corrected chi connectivity index (χ4v) is 4.08. The van der Waals surface area contributed by atoms with Gasteiger partial charge in [-0.1, -0.05) is 5.16 Å². The van der Waals surface area contributed by atoms with E-state index in [4.69, 9.17) is 9.26 Å². The molecule has 1 amide bonds. The van der Waals surface area contributed by atoms with Crippen LogP contribution in [0.1, 0.15) is 41.0 Å². The molecule has 7 nitrogen and oxygen atoms in total. The lowest BCUT2D eigenvalue weighted by Gasteiger charge is -2.43. The topological polar surface area (TPSA) is 81.4 Å². The average molecular weight is 334 g/mol. The number of nitrogens with zero attached hydrogens (tertiary/aromatic N) is 4. The molecule has 2 aliphatic heterocycles. The minimum absolute atomic E-state index is 0.00395. The van der Waals surface area contributed by atoms with Crippen LogP contribution in [-0.4, -0.2) is 51.7 Å². The molecule has 8 heteroatoms. The molecule has 0 unspecified atom stereocenters. The van der Waals surface area contributed by atoms with Gasteiger partial charge in [-0.25, -0.2) is 4.98 Å². The van der Waals surface area contributed by atoms with Crippen LogP contribution in [-0.2, 0) is 4.74 Å². The molecular weight excluding hydrogens is 316 g/mol. The molecule has 0 N–H and O–H groups in total. The molecule has 3 atom stereocenters. The van der Waals surface area contributed by atoms with Crippen LogP contribution in [0.5, 0.6) is 0 Å². The van der Waals surface area contributed by atoms with Crippen molar-refractivity contribution in [1.29, 1.82) is 0 Å². The van der Waals surface area contributed by atoms with Gasteiger partial charge in [-0.2, -0.15) is 4.98 Å². The SMILES string of the molecule is Cc1noc([C@@H]2CCO[C@@H]3CCN(C(=O)c4cscn4)C[C@@H]32)n1. The molecule has 2 aliphatic rings. The fraction of sp³-hybridized carbons (Fsp3) is 0.600. The van der Waals surface area contributed by atoms with Crippen molar-refractivity contribution in [2.45, 2.75) is 31.8 Å². The Morgan fingerprint density at radius 3 is 3.09 bits per heavy atom. The van der Waals surface area contributed by atoms with E-state index in [2.05, 4.69) is 15.1 Å². The zero-order chi connectivity index (χ0) is 15.8. The third-order valence-electron chi connectivity index (χ3n) is 4.67. The molecule has 23 heavy (non-hydrogen) atoms. The Kier molecular flexibility index (Phi) is 3.86. The van der Waals surface area contributed by atoms with Crippen LogP contribution < -0.4 is 0 Å². The number of amides is 1. The number of carbonyl (C=O) groups excluding carboxylic acids is 1. The minimum Gasteiger partial charge on any atom is -0.378 e. The summed E-state index contributed by atoms with van der Waals surface area (Å²) in [4.78, 5) is 23.0. The second-order valence-electron chi connectivity index (χ2n) is 6.06. The molecule has 4 rings (SSSR count). The molecule has 2 saturated heterocycles. The summed E-state index contributed by atoms with van der Waals surface area (Å²) in [5.41, 5.74) is 2.21. The lowest BCUT2D eigenvalue weighted by atomic mass is 9.79. The number of thiazole rings is 1. The van der Waals surface area contributed by atoms with Crippen LogP contribution in [0.15, 0.2) is 15.4 Å².